The van der Waals surface area contributed by atoms with E-state index < -0.39 is 17.6 Å². The number of nitrogens with zero attached hydrogens (tertiary/aromatic N) is 1. The third-order valence-corrected chi connectivity index (χ3v) is 4.32. The molecule has 0 aliphatic heterocycles. The maximum absolute atomic E-state index is 14.3. The molecule has 1 heterocycles. The summed E-state index contributed by atoms with van der Waals surface area (Å²) in [4.78, 5) is 15.8. The number of carbonyl (C=O) groups excluding carboxylic acids is 1. The molecule has 0 radical (unpaired) electrons. The Hall–Kier alpha value is -2.44. The van der Waals surface area contributed by atoms with Gasteiger partial charge in [-0.15, -0.1) is 0 Å². The Morgan fingerprint density at radius 2 is 1.92 bits per heavy atom. The molecule has 0 saturated heterocycles. The summed E-state index contributed by atoms with van der Waals surface area (Å²) in [7, 11) is 0. The summed E-state index contributed by atoms with van der Waals surface area (Å²) in [6, 6.07) is 2.51. The highest BCUT2D eigenvalue weighted by atomic mass is 19.4. The van der Waals surface area contributed by atoms with Gasteiger partial charge in [-0.05, 0) is 42.5 Å². The van der Waals surface area contributed by atoms with Crippen LogP contribution in [0.25, 0.3) is 11.1 Å². The fourth-order valence-electron chi connectivity index (χ4n) is 3.06. The topological polar surface area (TPSA) is 42.0 Å². The molecular formula is C18H16F4N2O. The average Bonchev–Trinajstić information content (AvgIpc) is 3.04. The number of anilines is 1. The molecule has 1 aromatic carbocycles. The molecule has 1 aliphatic rings. The second-order valence-corrected chi connectivity index (χ2v) is 5.93. The molecule has 1 N–H and O–H groups in total. The van der Waals surface area contributed by atoms with Crippen LogP contribution in [0.3, 0.4) is 0 Å². The second kappa shape index (κ2) is 6.46. The van der Waals surface area contributed by atoms with Gasteiger partial charge >= 0.3 is 6.18 Å². The summed E-state index contributed by atoms with van der Waals surface area (Å²) in [5.74, 6) is -0.651. The minimum Gasteiger partial charge on any atom is -0.310 e. The summed E-state index contributed by atoms with van der Waals surface area (Å²) in [5, 5.41) is 2.72. The number of carbonyl (C=O) groups is 1. The van der Waals surface area contributed by atoms with E-state index in [1.807, 2.05) is 0 Å². The second-order valence-electron chi connectivity index (χ2n) is 5.93. The molecule has 3 rings (SSSR count). The fraction of sp³-hybridized carbons (Fsp3) is 0.333. The number of aromatic nitrogens is 1. The number of hydrogen-bond acceptors (Lipinski definition) is 2. The van der Waals surface area contributed by atoms with Crippen molar-refractivity contribution >= 4 is 11.7 Å². The largest absolute Gasteiger partial charge is 0.416 e. The fourth-order valence-corrected chi connectivity index (χ4v) is 3.06. The number of hydrogen-bond donors (Lipinski definition) is 1. The zero-order chi connectivity index (χ0) is 18.2. The standard InChI is InChI=1S/C18H16F4N2O/c1-2-16(25)24-17-13-5-3-4-11(13)14(9-23-17)12-7-6-10(8-15(12)19)18(20,21)22/h6-9H,2-5H2,1H3,(H,23,24,25). The van der Waals surface area contributed by atoms with Gasteiger partial charge in [0.05, 0.1) is 5.56 Å². The molecule has 0 atom stereocenters. The van der Waals surface area contributed by atoms with Crippen LogP contribution in [-0.2, 0) is 23.8 Å². The third kappa shape index (κ3) is 3.36. The van der Waals surface area contributed by atoms with Gasteiger partial charge in [-0.1, -0.05) is 13.0 Å². The van der Waals surface area contributed by atoms with E-state index in [-0.39, 0.29) is 11.5 Å². The van der Waals surface area contributed by atoms with Crippen molar-refractivity contribution in [1.29, 1.82) is 0 Å². The number of nitrogens with one attached hydrogen (secondary N) is 1. The van der Waals surface area contributed by atoms with Gasteiger partial charge in [-0.3, -0.25) is 4.79 Å². The molecule has 1 amide bonds. The molecule has 7 heteroatoms. The van der Waals surface area contributed by atoms with Crippen LogP contribution in [0.4, 0.5) is 23.4 Å². The van der Waals surface area contributed by atoms with E-state index in [1.165, 1.54) is 6.20 Å². The number of fused-ring (bicyclic) bond motifs is 1. The van der Waals surface area contributed by atoms with Crippen LogP contribution in [0.1, 0.15) is 36.5 Å². The van der Waals surface area contributed by atoms with E-state index in [4.69, 9.17) is 0 Å². The van der Waals surface area contributed by atoms with Crippen LogP contribution in [0.15, 0.2) is 24.4 Å². The van der Waals surface area contributed by atoms with Crippen LogP contribution in [0.2, 0.25) is 0 Å². The average molecular weight is 352 g/mol. The van der Waals surface area contributed by atoms with E-state index >= 15 is 0 Å². The van der Waals surface area contributed by atoms with Crippen molar-refractivity contribution in [3.63, 3.8) is 0 Å². The maximum atomic E-state index is 14.3. The number of amides is 1. The van der Waals surface area contributed by atoms with Crippen molar-refractivity contribution in [3.8, 4) is 11.1 Å². The van der Waals surface area contributed by atoms with Crippen LogP contribution < -0.4 is 5.32 Å². The third-order valence-electron chi connectivity index (χ3n) is 4.32. The predicted octanol–water partition coefficient (Wildman–Crippen LogP) is 4.74. The first-order chi connectivity index (χ1) is 11.8. The van der Waals surface area contributed by atoms with E-state index in [0.29, 0.717) is 36.7 Å². The lowest BCUT2D eigenvalue weighted by Crippen LogP contribution is -2.13. The van der Waals surface area contributed by atoms with Gasteiger partial charge in [0.2, 0.25) is 5.91 Å². The number of alkyl halides is 3. The van der Waals surface area contributed by atoms with Gasteiger partial charge in [-0.25, -0.2) is 9.37 Å². The van der Waals surface area contributed by atoms with E-state index in [0.717, 1.165) is 29.7 Å². The Labute approximate surface area is 142 Å². The number of rotatable bonds is 3. The van der Waals surface area contributed by atoms with Gasteiger partial charge in [-0.2, -0.15) is 13.2 Å². The lowest BCUT2D eigenvalue weighted by atomic mass is 9.97. The molecule has 132 valence electrons. The normalized spacial score (nSPS) is 13.6. The first kappa shape index (κ1) is 17.4. The van der Waals surface area contributed by atoms with Gasteiger partial charge in [0, 0.05) is 23.7 Å². The van der Waals surface area contributed by atoms with Crippen LogP contribution in [0.5, 0.6) is 0 Å². The number of benzene rings is 1. The predicted molar refractivity (Wildman–Crippen MR) is 85.6 cm³/mol. The van der Waals surface area contributed by atoms with Gasteiger partial charge < -0.3 is 5.32 Å². The number of halogens is 4. The smallest absolute Gasteiger partial charge is 0.310 e. The Morgan fingerprint density at radius 3 is 2.56 bits per heavy atom. The van der Waals surface area contributed by atoms with Crippen molar-refractivity contribution in [2.75, 3.05) is 5.32 Å². The molecular weight excluding hydrogens is 336 g/mol. The lowest BCUT2D eigenvalue weighted by molar-refractivity contribution is -0.137. The van der Waals surface area contributed by atoms with Gasteiger partial charge in [0.15, 0.2) is 0 Å². The first-order valence-electron chi connectivity index (χ1n) is 7.99. The van der Waals surface area contributed by atoms with Crippen molar-refractivity contribution in [3.05, 3.63) is 46.9 Å². The van der Waals surface area contributed by atoms with E-state index in [9.17, 15) is 22.4 Å². The summed E-state index contributed by atoms with van der Waals surface area (Å²) < 4.78 is 52.4. The molecule has 25 heavy (non-hydrogen) atoms. The minimum atomic E-state index is -4.59. The van der Waals surface area contributed by atoms with Crippen molar-refractivity contribution in [1.82, 2.24) is 4.98 Å². The monoisotopic (exact) mass is 352 g/mol. The summed E-state index contributed by atoms with van der Waals surface area (Å²) in [6.07, 6.45) is -0.674. The Kier molecular flexibility index (Phi) is 4.49. The maximum Gasteiger partial charge on any atom is 0.416 e. The van der Waals surface area contributed by atoms with Crippen LogP contribution in [-0.4, -0.2) is 10.9 Å². The summed E-state index contributed by atoms with van der Waals surface area (Å²) in [5.41, 5.74) is 1.21. The number of pyridine rings is 1. The Bertz CT molecular complexity index is 831. The molecule has 1 aromatic heterocycles. The van der Waals surface area contributed by atoms with E-state index in [1.54, 1.807) is 6.92 Å². The highest BCUT2D eigenvalue weighted by Crippen LogP contribution is 2.38. The van der Waals surface area contributed by atoms with Crippen LogP contribution >= 0.6 is 0 Å². The first-order valence-corrected chi connectivity index (χ1v) is 7.99. The SMILES string of the molecule is CCC(=O)Nc1ncc(-c2ccc(C(F)(F)F)cc2F)c2c1CCC2. The quantitative estimate of drug-likeness (QED) is 0.811. The molecule has 0 fully saturated rings. The Morgan fingerprint density at radius 1 is 1.20 bits per heavy atom. The van der Waals surface area contributed by atoms with Gasteiger partial charge in [0.25, 0.3) is 0 Å². The summed E-state index contributed by atoms with van der Waals surface area (Å²) in [6.45, 7) is 1.72. The van der Waals surface area contributed by atoms with E-state index in [2.05, 4.69) is 10.3 Å². The molecule has 0 bridgehead atoms. The molecule has 1 aliphatic carbocycles. The van der Waals surface area contributed by atoms with Crippen molar-refractivity contribution in [2.45, 2.75) is 38.8 Å². The Balaban J connectivity index is 2.05. The molecule has 3 nitrogen and oxygen atoms in total. The highest BCUT2D eigenvalue weighted by Gasteiger charge is 2.31. The van der Waals surface area contributed by atoms with Crippen molar-refractivity contribution < 1.29 is 22.4 Å². The molecule has 0 unspecified atom stereocenters. The minimum absolute atomic E-state index is 0.0898. The van der Waals surface area contributed by atoms with Crippen molar-refractivity contribution in [2.24, 2.45) is 0 Å². The lowest BCUT2D eigenvalue weighted by Gasteiger charge is -2.14. The van der Waals surface area contributed by atoms with Crippen LogP contribution in [0, 0.1) is 5.82 Å². The van der Waals surface area contributed by atoms with Gasteiger partial charge in [0.1, 0.15) is 11.6 Å². The molecule has 0 spiro atoms. The molecule has 0 saturated carbocycles. The highest BCUT2D eigenvalue weighted by molar-refractivity contribution is 5.91. The zero-order valence-electron chi connectivity index (χ0n) is 13.5. The zero-order valence-corrected chi connectivity index (χ0v) is 13.5. The summed E-state index contributed by atoms with van der Waals surface area (Å²) >= 11 is 0. The molecule has 2 aromatic rings.